The molecular formula is C26H30N4O4S. The quantitative estimate of drug-likeness (QED) is 0.274. The van der Waals surface area contributed by atoms with E-state index in [4.69, 9.17) is 24.2 Å². The number of thiazole rings is 1. The van der Waals surface area contributed by atoms with Crippen LogP contribution in [0.3, 0.4) is 0 Å². The van der Waals surface area contributed by atoms with Gasteiger partial charge in [-0.25, -0.2) is 4.98 Å². The molecule has 0 aliphatic carbocycles. The lowest BCUT2D eigenvalue weighted by Crippen LogP contribution is -2.14. The van der Waals surface area contributed by atoms with Gasteiger partial charge in [0, 0.05) is 31.4 Å². The zero-order chi connectivity index (χ0) is 24.8. The van der Waals surface area contributed by atoms with E-state index in [0.29, 0.717) is 29.6 Å². The number of ether oxygens (including phenoxy) is 3. The van der Waals surface area contributed by atoms with Gasteiger partial charge in [0.1, 0.15) is 28.1 Å². The van der Waals surface area contributed by atoms with Crippen molar-refractivity contribution in [1.29, 1.82) is 0 Å². The molecule has 2 aromatic heterocycles. The number of nitrogens with one attached hydrogen (secondary N) is 1. The molecular weight excluding hydrogens is 464 g/mol. The van der Waals surface area contributed by atoms with Gasteiger partial charge in [0.25, 0.3) is 0 Å². The number of fused-ring (bicyclic) bond motifs is 1. The average Bonchev–Trinajstić information content (AvgIpc) is 3.29. The normalized spacial score (nSPS) is 11.9. The highest BCUT2D eigenvalue weighted by Crippen LogP contribution is 2.37. The molecule has 8 nitrogen and oxygen atoms in total. The van der Waals surface area contributed by atoms with E-state index in [1.165, 1.54) is 0 Å². The van der Waals surface area contributed by atoms with Crippen LogP contribution in [0.15, 0.2) is 42.5 Å². The van der Waals surface area contributed by atoms with Gasteiger partial charge in [0.2, 0.25) is 0 Å². The lowest BCUT2D eigenvalue weighted by molar-refractivity contribution is 0.217. The molecule has 0 bridgehead atoms. The van der Waals surface area contributed by atoms with Gasteiger partial charge in [-0.15, -0.1) is 11.3 Å². The minimum atomic E-state index is 0.164. The summed E-state index contributed by atoms with van der Waals surface area (Å²) in [4.78, 5) is 14.2. The van der Waals surface area contributed by atoms with Crippen molar-refractivity contribution >= 4 is 27.4 Å². The van der Waals surface area contributed by atoms with E-state index in [0.717, 1.165) is 39.3 Å². The SMILES string of the molecule is CCC(CO)CCNc1nc(Oc2cc(OC)cc(OC)c2)nc(C)c1-c1nc2ccccc2s1. The van der Waals surface area contributed by atoms with Crippen molar-refractivity contribution in [2.45, 2.75) is 26.7 Å². The van der Waals surface area contributed by atoms with Crippen molar-refractivity contribution in [3.05, 3.63) is 48.2 Å². The molecule has 0 aliphatic heterocycles. The van der Waals surface area contributed by atoms with Crippen LogP contribution in [0.4, 0.5) is 5.82 Å². The number of methoxy groups -OCH3 is 2. The predicted molar refractivity (Wildman–Crippen MR) is 139 cm³/mol. The predicted octanol–water partition coefficient (Wildman–Crippen LogP) is 5.69. The Morgan fingerprint density at radius 1 is 1.00 bits per heavy atom. The fourth-order valence-corrected chi connectivity index (χ4v) is 4.78. The van der Waals surface area contributed by atoms with Crippen LogP contribution >= 0.6 is 11.3 Å². The topological polar surface area (TPSA) is 98.6 Å². The maximum absolute atomic E-state index is 9.57. The van der Waals surface area contributed by atoms with Crippen molar-refractivity contribution in [3.63, 3.8) is 0 Å². The molecule has 2 N–H and O–H groups in total. The second kappa shape index (κ2) is 11.3. The number of anilines is 1. The van der Waals surface area contributed by atoms with Gasteiger partial charge in [-0.1, -0.05) is 25.5 Å². The van der Waals surface area contributed by atoms with Gasteiger partial charge in [-0.2, -0.15) is 9.97 Å². The van der Waals surface area contributed by atoms with Crippen LogP contribution in [0.2, 0.25) is 0 Å². The highest BCUT2D eigenvalue weighted by molar-refractivity contribution is 7.21. The van der Waals surface area contributed by atoms with Crippen LogP contribution in [-0.2, 0) is 0 Å². The molecule has 4 rings (SSSR count). The summed E-state index contributed by atoms with van der Waals surface area (Å²) in [6.07, 6.45) is 1.73. The molecule has 0 saturated carbocycles. The van der Waals surface area contributed by atoms with Crippen molar-refractivity contribution in [2.75, 3.05) is 32.7 Å². The third-order valence-corrected chi connectivity index (χ3v) is 6.85. The molecule has 0 fully saturated rings. The summed E-state index contributed by atoms with van der Waals surface area (Å²) >= 11 is 1.60. The van der Waals surface area contributed by atoms with Gasteiger partial charge < -0.3 is 24.6 Å². The molecule has 184 valence electrons. The summed E-state index contributed by atoms with van der Waals surface area (Å²) in [5.74, 6) is 2.60. The fraction of sp³-hybridized carbons (Fsp3) is 0.346. The largest absolute Gasteiger partial charge is 0.496 e. The minimum absolute atomic E-state index is 0.164. The lowest BCUT2D eigenvalue weighted by Gasteiger charge is -2.16. The fourth-order valence-electron chi connectivity index (χ4n) is 3.72. The summed E-state index contributed by atoms with van der Waals surface area (Å²) in [5, 5.41) is 13.9. The van der Waals surface area contributed by atoms with Crippen molar-refractivity contribution < 1.29 is 19.3 Å². The van der Waals surface area contributed by atoms with Crippen LogP contribution in [0.25, 0.3) is 20.8 Å². The second-order valence-corrected chi connectivity index (χ2v) is 9.16. The molecule has 2 aromatic carbocycles. The van der Waals surface area contributed by atoms with Gasteiger partial charge in [-0.3, -0.25) is 0 Å². The summed E-state index contributed by atoms with van der Waals surface area (Å²) in [6, 6.07) is 13.5. The first kappa shape index (κ1) is 24.7. The zero-order valence-corrected chi connectivity index (χ0v) is 21.2. The molecule has 0 spiro atoms. The number of aryl methyl sites for hydroxylation is 1. The van der Waals surface area contributed by atoms with E-state index in [1.54, 1.807) is 43.8 Å². The Labute approximate surface area is 208 Å². The van der Waals surface area contributed by atoms with E-state index in [-0.39, 0.29) is 18.5 Å². The maximum Gasteiger partial charge on any atom is 0.324 e. The van der Waals surface area contributed by atoms with Crippen LogP contribution in [0.1, 0.15) is 25.5 Å². The Kier molecular flexibility index (Phi) is 7.99. The molecule has 35 heavy (non-hydrogen) atoms. The Bertz CT molecular complexity index is 1230. The first-order chi connectivity index (χ1) is 17.0. The number of hydrogen-bond donors (Lipinski definition) is 2. The van der Waals surface area contributed by atoms with Gasteiger partial charge in [0.15, 0.2) is 0 Å². The van der Waals surface area contributed by atoms with Gasteiger partial charge >= 0.3 is 6.01 Å². The maximum atomic E-state index is 9.57. The Morgan fingerprint density at radius 2 is 1.71 bits per heavy atom. The summed E-state index contributed by atoms with van der Waals surface area (Å²) < 4.78 is 17.8. The van der Waals surface area contributed by atoms with E-state index in [1.807, 2.05) is 25.1 Å². The summed E-state index contributed by atoms with van der Waals surface area (Å²) in [6.45, 7) is 4.82. The van der Waals surface area contributed by atoms with Gasteiger partial charge in [-0.05, 0) is 31.4 Å². The zero-order valence-electron chi connectivity index (χ0n) is 20.4. The lowest BCUT2D eigenvalue weighted by atomic mass is 10.0. The highest BCUT2D eigenvalue weighted by atomic mass is 32.1. The summed E-state index contributed by atoms with van der Waals surface area (Å²) in [5.41, 5.74) is 2.53. The van der Waals surface area contributed by atoms with Crippen LogP contribution < -0.4 is 19.5 Å². The molecule has 0 aliphatic rings. The number of para-hydroxylation sites is 1. The second-order valence-electron chi connectivity index (χ2n) is 8.12. The van der Waals surface area contributed by atoms with E-state index < -0.39 is 0 Å². The smallest absolute Gasteiger partial charge is 0.324 e. The number of rotatable bonds is 11. The Balaban J connectivity index is 1.71. The van der Waals surface area contributed by atoms with Crippen LogP contribution in [-0.4, -0.2) is 47.4 Å². The molecule has 2 heterocycles. The number of hydrogen-bond acceptors (Lipinski definition) is 9. The molecule has 0 amide bonds. The summed E-state index contributed by atoms with van der Waals surface area (Å²) in [7, 11) is 3.17. The first-order valence-electron chi connectivity index (χ1n) is 11.5. The van der Waals surface area contributed by atoms with E-state index in [9.17, 15) is 5.11 Å². The monoisotopic (exact) mass is 494 g/mol. The molecule has 4 aromatic rings. The number of nitrogens with zero attached hydrogens (tertiary/aromatic N) is 3. The minimum Gasteiger partial charge on any atom is -0.496 e. The molecule has 0 radical (unpaired) electrons. The van der Waals surface area contributed by atoms with Crippen molar-refractivity contribution in [2.24, 2.45) is 5.92 Å². The highest BCUT2D eigenvalue weighted by Gasteiger charge is 2.19. The standard InChI is InChI=1S/C26H30N4O4S/c1-5-17(15-31)10-11-27-24-23(25-29-21-8-6-7-9-22(21)35-25)16(2)28-26(30-24)34-20-13-18(32-3)12-19(14-20)33-4/h6-9,12-14,17,31H,5,10-11,15H2,1-4H3,(H,27,28,30). The Hall–Kier alpha value is -3.43. The van der Waals surface area contributed by atoms with Crippen molar-refractivity contribution in [3.8, 4) is 33.8 Å². The van der Waals surface area contributed by atoms with Crippen molar-refractivity contribution in [1.82, 2.24) is 15.0 Å². The van der Waals surface area contributed by atoms with E-state index in [2.05, 4.69) is 23.3 Å². The van der Waals surface area contributed by atoms with Gasteiger partial charge in [0.05, 0.1) is 35.7 Å². The average molecular weight is 495 g/mol. The number of benzene rings is 2. The third kappa shape index (κ3) is 5.80. The van der Waals surface area contributed by atoms with Crippen LogP contribution in [0, 0.1) is 12.8 Å². The molecule has 9 heteroatoms. The number of aliphatic hydroxyl groups is 1. The third-order valence-electron chi connectivity index (χ3n) is 5.79. The molecule has 1 unspecified atom stereocenters. The Morgan fingerprint density at radius 3 is 2.37 bits per heavy atom. The first-order valence-corrected chi connectivity index (χ1v) is 12.4. The molecule has 0 saturated heterocycles. The van der Waals surface area contributed by atoms with E-state index >= 15 is 0 Å². The van der Waals surface area contributed by atoms with Crippen LogP contribution in [0.5, 0.6) is 23.3 Å². The molecule has 1 atom stereocenters. The number of aliphatic hydroxyl groups excluding tert-OH is 1. The number of aromatic nitrogens is 3.